The maximum absolute atomic E-state index is 11.8. The third-order valence-corrected chi connectivity index (χ3v) is 3.58. The quantitative estimate of drug-likeness (QED) is 0.256. The summed E-state index contributed by atoms with van der Waals surface area (Å²) in [5, 5.41) is 8.83. The average Bonchev–Trinajstić information content (AvgIpc) is 2.76. The number of rotatable bonds is 9. The molecule has 0 saturated carbocycles. The molecule has 3 N–H and O–H groups in total. The predicted octanol–water partition coefficient (Wildman–Crippen LogP) is 1.13. The molecular formula is C21H22N4O4. The van der Waals surface area contributed by atoms with E-state index in [2.05, 4.69) is 27.7 Å². The third kappa shape index (κ3) is 8.08. The van der Waals surface area contributed by atoms with Gasteiger partial charge in [-0.1, -0.05) is 36.4 Å². The second kappa shape index (κ2) is 11.7. The van der Waals surface area contributed by atoms with Crippen LogP contribution in [0.15, 0.2) is 72.4 Å². The van der Waals surface area contributed by atoms with Gasteiger partial charge in [-0.2, -0.15) is 5.10 Å². The van der Waals surface area contributed by atoms with Gasteiger partial charge in [-0.3, -0.25) is 14.4 Å². The molecule has 2 rings (SSSR count). The van der Waals surface area contributed by atoms with Crippen LogP contribution in [-0.2, 0) is 20.9 Å². The van der Waals surface area contributed by atoms with Crippen molar-refractivity contribution in [3.63, 3.8) is 0 Å². The fourth-order valence-electron chi connectivity index (χ4n) is 2.11. The fraction of sp³-hybridized carbons (Fsp3) is 0.143. The highest BCUT2D eigenvalue weighted by Crippen LogP contribution is 2.11. The Hall–Kier alpha value is -3.94. The zero-order chi connectivity index (χ0) is 20.9. The highest BCUT2D eigenvalue weighted by Gasteiger charge is 2.10. The van der Waals surface area contributed by atoms with Crippen LogP contribution in [0.2, 0.25) is 0 Å². The molecule has 2 aromatic rings. The Kier molecular flexibility index (Phi) is 8.62. The van der Waals surface area contributed by atoms with Crippen molar-refractivity contribution in [1.29, 1.82) is 0 Å². The van der Waals surface area contributed by atoms with E-state index < -0.39 is 11.8 Å². The summed E-state index contributed by atoms with van der Waals surface area (Å²) in [5.74, 6) is -1.37. The molecular weight excluding hydrogens is 372 g/mol. The zero-order valence-electron chi connectivity index (χ0n) is 15.8. The molecule has 3 amide bonds. The maximum atomic E-state index is 11.8. The van der Waals surface area contributed by atoms with E-state index in [1.165, 1.54) is 12.3 Å². The van der Waals surface area contributed by atoms with Crippen molar-refractivity contribution in [3.8, 4) is 5.75 Å². The highest BCUT2D eigenvalue weighted by molar-refractivity contribution is 6.35. The van der Waals surface area contributed by atoms with Crippen LogP contribution in [0, 0.1) is 0 Å². The number of benzene rings is 2. The van der Waals surface area contributed by atoms with Crippen LogP contribution in [-0.4, -0.2) is 37.1 Å². The molecule has 0 aromatic heterocycles. The summed E-state index contributed by atoms with van der Waals surface area (Å²) in [6.07, 6.45) is 2.85. The Morgan fingerprint density at radius 2 is 1.69 bits per heavy atom. The standard InChI is InChI=1S/C21H22N4O4/c1-2-12-22-20(27)21(28)25-24-14-17-8-10-18(11-9-17)29-15-19(26)23-13-16-6-4-3-5-7-16/h2-11,14H,1,12-13,15H2,(H,22,27)(H,23,26)(H,25,28)/b24-14-. The molecule has 8 nitrogen and oxygen atoms in total. The largest absolute Gasteiger partial charge is 0.484 e. The van der Waals surface area contributed by atoms with Gasteiger partial charge >= 0.3 is 11.8 Å². The van der Waals surface area contributed by atoms with Crippen molar-refractivity contribution in [3.05, 3.63) is 78.4 Å². The van der Waals surface area contributed by atoms with Gasteiger partial charge in [0.15, 0.2) is 6.61 Å². The number of nitrogens with zero attached hydrogens (tertiary/aromatic N) is 1. The molecule has 0 aliphatic heterocycles. The van der Waals surface area contributed by atoms with Gasteiger partial charge in [-0.15, -0.1) is 6.58 Å². The summed E-state index contributed by atoms with van der Waals surface area (Å²) >= 11 is 0. The number of carbonyl (C=O) groups excluding carboxylic acids is 3. The Bertz CT molecular complexity index is 864. The molecule has 0 radical (unpaired) electrons. The normalized spacial score (nSPS) is 10.2. The summed E-state index contributed by atoms with van der Waals surface area (Å²) in [6.45, 7) is 3.97. The average molecular weight is 394 g/mol. The molecule has 0 atom stereocenters. The van der Waals surface area contributed by atoms with Crippen LogP contribution in [0.4, 0.5) is 0 Å². The maximum Gasteiger partial charge on any atom is 0.329 e. The monoisotopic (exact) mass is 394 g/mol. The minimum absolute atomic E-state index is 0.101. The molecule has 0 bridgehead atoms. The molecule has 0 unspecified atom stereocenters. The number of hydrogen-bond acceptors (Lipinski definition) is 5. The van der Waals surface area contributed by atoms with Crippen LogP contribution in [0.5, 0.6) is 5.75 Å². The van der Waals surface area contributed by atoms with Gasteiger partial charge in [0.05, 0.1) is 6.21 Å². The molecule has 0 spiro atoms. The first kappa shape index (κ1) is 21.4. The van der Waals surface area contributed by atoms with E-state index in [1.807, 2.05) is 30.3 Å². The lowest BCUT2D eigenvalue weighted by Gasteiger charge is -2.08. The molecule has 0 fully saturated rings. The van der Waals surface area contributed by atoms with Gasteiger partial charge in [-0.25, -0.2) is 5.43 Å². The van der Waals surface area contributed by atoms with Gasteiger partial charge in [0.2, 0.25) is 0 Å². The number of amides is 3. The van der Waals surface area contributed by atoms with E-state index in [1.54, 1.807) is 24.3 Å². The molecule has 0 heterocycles. The summed E-state index contributed by atoms with van der Waals surface area (Å²) in [5.41, 5.74) is 3.81. The lowest BCUT2D eigenvalue weighted by molar-refractivity contribution is -0.139. The zero-order valence-corrected chi connectivity index (χ0v) is 15.8. The van der Waals surface area contributed by atoms with Crippen molar-refractivity contribution >= 4 is 23.9 Å². The first-order valence-corrected chi connectivity index (χ1v) is 8.84. The minimum atomic E-state index is -0.871. The predicted molar refractivity (Wildman–Crippen MR) is 109 cm³/mol. The van der Waals surface area contributed by atoms with E-state index in [-0.39, 0.29) is 19.1 Å². The van der Waals surface area contributed by atoms with Crippen molar-refractivity contribution < 1.29 is 19.1 Å². The second-order valence-electron chi connectivity index (χ2n) is 5.82. The number of hydrazone groups is 1. The fourth-order valence-corrected chi connectivity index (χ4v) is 2.11. The first-order valence-electron chi connectivity index (χ1n) is 8.84. The third-order valence-electron chi connectivity index (χ3n) is 3.58. The van der Waals surface area contributed by atoms with Gasteiger partial charge in [0.1, 0.15) is 5.75 Å². The molecule has 150 valence electrons. The van der Waals surface area contributed by atoms with Gasteiger partial charge < -0.3 is 15.4 Å². The summed E-state index contributed by atoms with van der Waals surface area (Å²) in [6, 6.07) is 16.3. The summed E-state index contributed by atoms with van der Waals surface area (Å²) in [7, 11) is 0. The number of ether oxygens (including phenoxy) is 1. The molecule has 0 aliphatic carbocycles. The molecule has 0 aliphatic rings. The Morgan fingerprint density at radius 3 is 2.38 bits per heavy atom. The van der Waals surface area contributed by atoms with Crippen molar-refractivity contribution in [1.82, 2.24) is 16.1 Å². The highest BCUT2D eigenvalue weighted by atomic mass is 16.5. The van der Waals surface area contributed by atoms with E-state index in [0.717, 1.165) is 5.56 Å². The van der Waals surface area contributed by atoms with Crippen molar-refractivity contribution in [2.45, 2.75) is 6.54 Å². The molecule has 29 heavy (non-hydrogen) atoms. The van der Waals surface area contributed by atoms with Crippen LogP contribution < -0.4 is 20.8 Å². The second-order valence-corrected chi connectivity index (χ2v) is 5.82. The van der Waals surface area contributed by atoms with Gasteiger partial charge in [0, 0.05) is 13.1 Å². The van der Waals surface area contributed by atoms with E-state index >= 15 is 0 Å². The van der Waals surface area contributed by atoms with Crippen LogP contribution in [0.3, 0.4) is 0 Å². The minimum Gasteiger partial charge on any atom is -0.484 e. The molecule has 0 saturated heterocycles. The van der Waals surface area contributed by atoms with Crippen molar-refractivity contribution in [2.75, 3.05) is 13.2 Å². The van der Waals surface area contributed by atoms with Crippen LogP contribution in [0.1, 0.15) is 11.1 Å². The Balaban J connectivity index is 1.72. The Labute approximate surface area is 168 Å². The first-order chi connectivity index (χ1) is 14.1. The van der Waals surface area contributed by atoms with E-state index in [9.17, 15) is 14.4 Å². The summed E-state index contributed by atoms with van der Waals surface area (Å²) < 4.78 is 5.44. The number of nitrogens with one attached hydrogen (secondary N) is 3. The lowest BCUT2D eigenvalue weighted by atomic mass is 10.2. The number of carbonyl (C=O) groups is 3. The Morgan fingerprint density at radius 1 is 0.966 bits per heavy atom. The van der Waals surface area contributed by atoms with E-state index in [4.69, 9.17) is 4.74 Å². The SMILES string of the molecule is C=CCNC(=O)C(=O)N/N=C\c1ccc(OCC(=O)NCc2ccccc2)cc1. The smallest absolute Gasteiger partial charge is 0.329 e. The van der Waals surface area contributed by atoms with Crippen LogP contribution >= 0.6 is 0 Å². The summed E-state index contributed by atoms with van der Waals surface area (Å²) in [4.78, 5) is 34.7. The van der Waals surface area contributed by atoms with Crippen molar-refractivity contribution in [2.24, 2.45) is 5.10 Å². The molecule has 8 heteroatoms. The van der Waals surface area contributed by atoms with Crippen LogP contribution in [0.25, 0.3) is 0 Å². The topological polar surface area (TPSA) is 109 Å². The van der Waals surface area contributed by atoms with Gasteiger partial charge in [-0.05, 0) is 35.4 Å². The molecule has 2 aromatic carbocycles. The lowest BCUT2D eigenvalue weighted by Crippen LogP contribution is -2.37. The van der Waals surface area contributed by atoms with E-state index in [0.29, 0.717) is 17.9 Å². The van der Waals surface area contributed by atoms with Gasteiger partial charge in [0.25, 0.3) is 5.91 Å². The number of hydrogen-bond donors (Lipinski definition) is 3.